The molecule has 0 amide bonds. The van der Waals surface area contributed by atoms with E-state index in [1.54, 1.807) is 0 Å². The Morgan fingerprint density at radius 1 is 0.500 bits per heavy atom. The third kappa shape index (κ3) is 3.57. The van der Waals surface area contributed by atoms with Crippen LogP contribution in [0.2, 0.25) is 0 Å². The number of rotatable bonds is 8. The summed E-state index contributed by atoms with van der Waals surface area (Å²) in [5, 5.41) is -0.0622. The van der Waals surface area contributed by atoms with E-state index < -0.39 is 48.6 Å². The predicted octanol–water partition coefficient (Wildman–Crippen LogP) is 6.29. The van der Waals surface area contributed by atoms with Crippen LogP contribution in [0.1, 0.15) is 19.3 Å². The van der Waals surface area contributed by atoms with Crippen molar-refractivity contribution in [1.82, 2.24) is 0 Å². The molecule has 0 nitrogen and oxygen atoms in total. The normalized spacial score (nSPS) is 15.8. The maximum atomic E-state index is 13.1. The van der Waals surface area contributed by atoms with Gasteiger partial charge in [-0.1, -0.05) is 15.9 Å². The van der Waals surface area contributed by atoms with Crippen molar-refractivity contribution >= 4 is 15.9 Å². The van der Waals surface area contributed by atoms with E-state index in [1.165, 1.54) is 0 Å². The van der Waals surface area contributed by atoms with Crippen molar-refractivity contribution in [3.8, 4) is 0 Å². The van der Waals surface area contributed by atoms with E-state index in [4.69, 9.17) is 0 Å². The summed E-state index contributed by atoms with van der Waals surface area (Å²) in [4.78, 5) is 0. The first-order valence-electron chi connectivity index (χ1n) is 5.83. The molecule has 24 heavy (non-hydrogen) atoms. The molecule has 0 rings (SSSR count). The molecule has 14 heteroatoms. The van der Waals surface area contributed by atoms with Gasteiger partial charge in [0.1, 0.15) is 0 Å². The molecule has 0 N–H and O–H groups in total. The molecule has 0 unspecified atom stereocenters. The maximum absolute atomic E-state index is 13.1. The second-order valence-electron chi connectivity index (χ2n) is 4.65. The van der Waals surface area contributed by atoms with Crippen LogP contribution in [-0.4, -0.2) is 41.1 Å². The first-order chi connectivity index (χ1) is 10.3. The number of alkyl halides is 14. The van der Waals surface area contributed by atoms with Crippen molar-refractivity contribution in [3.05, 3.63) is 0 Å². The van der Waals surface area contributed by atoms with Crippen LogP contribution in [0.4, 0.5) is 57.1 Å². The van der Waals surface area contributed by atoms with E-state index in [0.717, 1.165) is 0 Å². The first-order valence-corrected chi connectivity index (χ1v) is 6.95. The van der Waals surface area contributed by atoms with Crippen molar-refractivity contribution in [2.75, 3.05) is 5.33 Å². The van der Waals surface area contributed by atoms with Gasteiger partial charge in [0.2, 0.25) is 0 Å². The third-order valence-corrected chi connectivity index (χ3v) is 3.43. The van der Waals surface area contributed by atoms with Gasteiger partial charge in [0.15, 0.2) is 0 Å². The van der Waals surface area contributed by atoms with Gasteiger partial charge in [-0.15, -0.1) is 0 Å². The highest BCUT2D eigenvalue weighted by Gasteiger charge is 2.90. The fraction of sp³-hybridized carbons (Fsp3) is 1.00. The number of hydrogen-bond donors (Lipinski definition) is 0. The van der Waals surface area contributed by atoms with Gasteiger partial charge < -0.3 is 0 Å². The van der Waals surface area contributed by atoms with Gasteiger partial charge in [0.05, 0.1) is 0 Å². The van der Waals surface area contributed by atoms with Crippen LogP contribution in [0, 0.1) is 0 Å². The Morgan fingerprint density at radius 2 is 0.875 bits per heavy atom. The molecule has 0 radical (unpaired) electrons. The molecular weight excluding hydrogens is 447 g/mol. The molecule has 0 aliphatic carbocycles. The van der Waals surface area contributed by atoms with Crippen molar-refractivity contribution in [2.24, 2.45) is 0 Å². The van der Waals surface area contributed by atoms with Crippen molar-refractivity contribution < 1.29 is 57.1 Å². The zero-order valence-electron chi connectivity index (χ0n) is 11.1. The maximum Gasteiger partial charge on any atom is 0.460 e. The Morgan fingerprint density at radius 3 is 1.21 bits per heavy atom. The van der Waals surface area contributed by atoms with Gasteiger partial charge in [-0.2, -0.15) is 57.1 Å². The fourth-order valence-corrected chi connectivity index (χ4v) is 1.80. The van der Waals surface area contributed by atoms with E-state index in [-0.39, 0.29) is 11.8 Å². The molecule has 0 fully saturated rings. The van der Waals surface area contributed by atoms with Gasteiger partial charge >= 0.3 is 35.8 Å². The van der Waals surface area contributed by atoms with Crippen molar-refractivity contribution in [2.45, 2.75) is 55.1 Å². The van der Waals surface area contributed by atoms with Gasteiger partial charge in [-0.05, 0) is 12.8 Å². The molecule has 0 bridgehead atoms. The molecule has 0 saturated heterocycles. The summed E-state index contributed by atoms with van der Waals surface area (Å²) in [7, 11) is 0. The molecule has 0 aliphatic heterocycles. The molecule has 146 valence electrons. The first kappa shape index (κ1) is 23.6. The molecular formula is C10H8BrF13. The molecule has 0 aliphatic rings. The fourth-order valence-electron chi connectivity index (χ4n) is 1.40. The number of unbranched alkanes of at least 4 members (excludes halogenated alkanes) is 1. The van der Waals surface area contributed by atoms with E-state index in [1.807, 2.05) is 0 Å². The van der Waals surface area contributed by atoms with Crippen molar-refractivity contribution in [1.29, 1.82) is 0 Å². The molecule has 0 aromatic carbocycles. The lowest BCUT2D eigenvalue weighted by molar-refractivity contribution is -0.440. The molecule has 0 spiro atoms. The van der Waals surface area contributed by atoms with Crippen LogP contribution in [0.15, 0.2) is 0 Å². The minimum Gasteiger partial charge on any atom is -0.200 e. The zero-order valence-corrected chi connectivity index (χ0v) is 12.7. The average molecular weight is 455 g/mol. The summed E-state index contributed by atoms with van der Waals surface area (Å²) in [6.07, 6.45) is -10.7. The summed E-state index contributed by atoms with van der Waals surface area (Å²) >= 11 is 2.66. The molecule has 0 atom stereocenters. The second-order valence-corrected chi connectivity index (χ2v) is 5.44. The Balaban J connectivity index is 5.92. The Labute approximate surface area is 134 Å². The topological polar surface area (TPSA) is 0 Å². The lowest BCUT2D eigenvalue weighted by Crippen LogP contribution is -2.70. The SMILES string of the molecule is FC(F)(F)C(F)(F)C(F)(F)C(F)(F)C(F)(F)C(F)(F)CCCCBr. The smallest absolute Gasteiger partial charge is 0.200 e. The molecule has 0 heterocycles. The zero-order chi connectivity index (χ0) is 19.8. The van der Waals surface area contributed by atoms with Crippen LogP contribution in [-0.2, 0) is 0 Å². The van der Waals surface area contributed by atoms with E-state index >= 15 is 0 Å². The average Bonchev–Trinajstić information content (AvgIpc) is 2.36. The second kappa shape index (κ2) is 6.71. The van der Waals surface area contributed by atoms with Crippen LogP contribution in [0.5, 0.6) is 0 Å². The molecule has 0 aromatic heterocycles. The van der Waals surface area contributed by atoms with Crippen LogP contribution >= 0.6 is 15.9 Å². The van der Waals surface area contributed by atoms with E-state index in [2.05, 4.69) is 15.9 Å². The van der Waals surface area contributed by atoms with Crippen LogP contribution in [0.3, 0.4) is 0 Å². The highest BCUT2D eigenvalue weighted by atomic mass is 79.9. The largest absolute Gasteiger partial charge is 0.460 e. The lowest BCUT2D eigenvalue weighted by atomic mass is 9.92. The number of halogens is 14. The number of hydrogen-bond acceptors (Lipinski definition) is 0. The van der Waals surface area contributed by atoms with Crippen LogP contribution in [0.25, 0.3) is 0 Å². The van der Waals surface area contributed by atoms with E-state index in [9.17, 15) is 57.1 Å². The lowest BCUT2D eigenvalue weighted by Gasteiger charge is -2.39. The third-order valence-electron chi connectivity index (χ3n) is 2.87. The van der Waals surface area contributed by atoms with Crippen molar-refractivity contribution in [3.63, 3.8) is 0 Å². The summed E-state index contributed by atoms with van der Waals surface area (Å²) in [6.45, 7) is 0. The minimum atomic E-state index is -7.82. The quantitative estimate of drug-likeness (QED) is 0.229. The predicted molar refractivity (Wildman–Crippen MR) is 58.4 cm³/mol. The minimum absolute atomic E-state index is 0.0622. The monoisotopic (exact) mass is 454 g/mol. The molecule has 0 saturated carbocycles. The summed E-state index contributed by atoms with van der Waals surface area (Å²) in [6, 6.07) is 0. The highest BCUT2D eigenvalue weighted by molar-refractivity contribution is 9.09. The summed E-state index contributed by atoms with van der Waals surface area (Å²) < 4.78 is 165. The van der Waals surface area contributed by atoms with Gasteiger partial charge in [-0.3, -0.25) is 0 Å². The van der Waals surface area contributed by atoms with E-state index in [0.29, 0.717) is 0 Å². The Bertz CT molecular complexity index is 425. The standard InChI is InChI=1S/C10H8BrF13/c11-4-2-1-3-5(12,13)6(14,15)7(16,17)8(18,19)9(20,21)10(22,23)24/h1-4H2. The highest BCUT2D eigenvalue weighted by Crippen LogP contribution is 2.60. The Kier molecular flexibility index (Phi) is 6.59. The summed E-state index contributed by atoms with van der Waals surface area (Å²) in [5.74, 6) is -36.3. The van der Waals surface area contributed by atoms with Gasteiger partial charge in [0.25, 0.3) is 0 Å². The van der Waals surface area contributed by atoms with Crippen LogP contribution < -0.4 is 0 Å². The van der Waals surface area contributed by atoms with Gasteiger partial charge in [0, 0.05) is 11.8 Å². The van der Waals surface area contributed by atoms with Gasteiger partial charge in [-0.25, -0.2) is 0 Å². The Hall–Kier alpha value is -0.430. The summed E-state index contributed by atoms with van der Waals surface area (Å²) in [5.41, 5.74) is 0. The molecule has 0 aromatic rings.